The van der Waals surface area contributed by atoms with Crippen LogP contribution >= 0.6 is 27.3 Å². The molecule has 0 spiro atoms. The van der Waals surface area contributed by atoms with Crippen molar-refractivity contribution in [1.29, 1.82) is 0 Å². The van der Waals surface area contributed by atoms with Crippen molar-refractivity contribution in [3.8, 4) is 0 Å². The fraction of sp³-hybridized carbons (Fsp3) is 0.214. The molecule has 5 heteroatoms. The van der Waals surface area contributed by atoms with Gasteiger partial charge >= 0.3 is 0 Å². The highest BCUT2D eigenvalue weighted by molar-refractivity contribution is 9.08. The predicted octanol–water partition coefficient (Wildman–Crippen LogP) is 3.11. The number of hydrogen-bond acceptors (Lipinski definition) is 3. The van der Waals surface area contributed by atoms with Crippen LogP contribution in [0.4, 0.5) is 0 Å². The first-order chi connectivity index (χ1) is 9.20. The van der Waals surface area contributed by atoms with Gasteiger partial charge in [0, 0.05) is 17.4 Å². The Morgan fingerprint density at radius 3 is 2.63 bits per heavy atom. The van der Waals surface area contributed by atoms with Crippen LogP contribution in [0.15, 0.2) is 41.1 Å². The number of aliphatic hydroxyl groups excluding tert-OH is 1. The number of thiophene rings is 1. The summed E-state index contributed by atoms with van der Waals surface area (Å²) in [6.45, 7) is 0.218. The Hall–Kier alpha value is -1.17. The Labute approximate surface area is 124 Å². The maximum absolute atomic E-state index is 11.9. The quantitative estimate of drug-likeness (QED) is 0.822. The van der Waals surface area contributed by atoms with E-state index in [9.17, 15) is 9.90 Å². The van der Waals surface area contributed by atoms with E-state index in [0.29, 0.717) is 5.56 Å². The van der Waals surface area contributed by atoms with Gasteiger partial charge in [-0.1, -0.05) is 28.1 Å². The van der Waals surface area contributed by atoms with Crippen molar-refractivity contribution in [2.24, 2.45) is 0 Å². The highest BCUT2D eigenvalue weighted by atomic mass is 79.9. The molecule has 1 atom stereocenters. The second-order valence-corrected chi connectivity index (χ2v) is 5.45. The van der Waals surface area contributed by atoms with Crippen molar-refractivity contribution in [2.45, 2.75) is 11.4 Å². The largest absolute Gasteiger partial charge is 0.387 e. The molecule has 0 saturated carbocycles. The molecule has 2 rings (SSSR count). The van der Waals surface area contributed by atoms with Crippen molar-refractivity contribution in [1.82, 2.24) is 5.32 Å². The van der Waals surface area contributed by atoms with Gasteiger partial charge in [-0.3, -0.25) is 4.79 Å². The minimum absolute atomic E-state index is 0.171. The van der Waals surface area contributed by atoms with Gasteiger partial charge in [0.2, 0.25) is 0 Å². The van der Waals surface area contributed by atoms with E-state index in [2.05, 4.69) is 21.2 Å². The molecule has 1 unspecified atom stereocenters. The first-order valence-electron chi connectivity index (χ1n) is 5.84. The van der Waals surface area contributed by atoms with Gasteiger partial charge in [0.15, 0.2) is 0 Å². The van der Waals surface area contributed by atoms with E-state index in [4.69, 9.17) is 0 Å². The zero-order chi connectivity index (χ0) is 13.7. The number of aliphatic hydroxyl groups is 1. The summed E-state index contributed by atoms with van der Waals surface area (Å²) >= 11 is 4.88. The number of carbonyl (C=O) groups excluding carboxylic acids is 1. The van der Waals surface area contributed by atoms with E-state index in [1.807, 2.05) is 29.0 Å². The van der Waals surface area contributed by atoms with E-state index in [0.717, 1.165) is 16.5 Å². The van der Waals surface area contributed by atoms with Crippen LogP contribution in [-0.4, -0.2) is 17.6 Å². The fourth-order valence-corrected chi connectivity index (χ4v) is 2.70. The number of benzene rings is 1. The molecule has 2 aromatic rings. The van der Waals surface area contributed by atoms with Crippen LogP contribution in [0.2, 0.25) is 0 Å². The molecule has 0 aliphatic heterocycles. The Morgan fingerprint density at radius 1 is 1.32 bits per heavy atom. The van der Waals surface area contributed by atoms with Crippen molar-refractivity contribution < 1.29 is 9.90 Å². The Balaban J connectivity index is 1.90. The minimum atomic E-state index is -0.656. The van der Waals surface area contributed by atoms with E-state index < -0.39 is 6.10 Å². The Bertz CT molecular complexity index is 525. The van der Waals surface area contributed by atoms with Gasteiger partial charge in [-0.05, 0) is 40.1 Å². The highest BCUT2D eigenvalue weighted by Crippen LogP contribution is 2.15. The SMILES string of the molecule is O=C(NCC(O)c1ccsc1)c1ccc(CBr)cc1. The summed E-state index contributed by atoms with van der Waals surface area (Å²) in [6.07, 6.45) is -0.656. The molecule has 2 N–H and O–H groups in total. The molecule has 0 radical (unpaired) electrons. The van der Waals surface area contributed by atoms with E-state index in [1.165, 1.54) is 11.3 Å². The van der Waals surface area contributed by atoms with Crippen molar-refractivity contribution in [2.75, 3.05) is 6.54 Å². The van der Waals surface area contributed by atoms with Crippen LogP contribution in [0.25, 0.3) is 0 Å². The molecule has 0 fully saturated rings. The summed E-state index contributed by atoms with van der Waals surface area (Å²) in [5.41, 5.74) is 2.55. The lowest BCUT2D eigenvalue weighted by molar-refractivity contribution is 0.0916. The zero-order valence-electron chi connectivity index (χ0n) is 10.2. The number of alkyl halides is 1. The van der Waals surface area contributed by atoms with Crippen LogP contribution in [-0.2, 0) is 5.33 Å². The van der Waals surface area contributed by atoms with Crippen LogP contribution in [0.1, 0.15) is 27.6 Å². The lowest BCUT2D eigenvalue weighted by atomic mass is 10.1. The molecule has 1 heterocycles. The van der Waals surface area contributed by atoms with Gasteiger partial charge in [0.25, 0.3) is 5.91 Å². The number of rotatable bonds is 5. The topological polar surface area (TPSA) is 49.3 Å². The second kappa shape index (κ2) is 6.84. The average molecular weight is 340 g/mol. The van der Waals surface area contributed by atoms with Crippen LogP contribution in [0.3, 0.4) is 0 Å². The maximum atomic E-state index is 11.9. The van der Waals surface area contributed by atoms with E-state index in [1.54, 1.807) is 12.1 Å². The third kappa shape index (κ3) is 3.89. The molecule has 3 nitrogen and oxygen atoms in total. The summed E-state index contributed by atoms with van der Waals surface area (Å²) in [6, 6.07) is 9.22. The molecule has 0 aliphatic carbocycles. The molecular weight excluding hydrogens is 326 g/mol. The third-order valence-electron chi connectivity index (χ3n) is 2.75. The lowest BCUT2D eigenvalue weighted by Gasteiger charge is -2.10. The molecular formula is C14H14BrNO2S. The zero-order valence-corrected chi connectivity index (χ0v) is 12.6. The molecule has 100 valence electrons. The van der Waals surface area contributed by atoms with Gasteiger partial charge < -0.3 is 10.4 Å². The highest BCUT2D eigenvalue weighted by Gasteiger charge is 2.10. The first kappa shape index (κ1) is 14.2. The maximum Gasteiger partial charge on any atom is 0.251 e. The molecule has 1 aromatic carbocycles. The van der Waals surface area contributed by atoms with Crippen molar-refractivity contribution >= 4 is 33.2 Å². The summed E-state index contributed by atoms with van der Waals surface area (Å²) in [4.78, 5) is 11.9. The number of nitrogens with one attached hydrogen (secondary N) is 1. The normalized spacial score (nSPS) is 12.1. The molecule has 1 aromatic heterocycles. The summed E-state index contributed by atoms with van der Waals surface area (Å²) in [7, 11) is 0. The Morgan fingerprint density at radius 2 is 2.05 bits per heavy atom. The fourth-order valence-electron chi connectivity index (χ4n) is 1.62. The van der Waals surface area contributed by atoms with Crippen LogP contribution < -0.4 is 5.32 Å². The number of amides is 1. The van der Waals surface area contributed by atoms with Gasteiger partial charge in [0.05, 0.1) is 6.10 Å². The summed E-state index contributed by atoms with van der Waals surface area (Å²) < 4.78 is 0. The van der Waals surface area contributed by atoms with E-state index >= 15 is 0 Å². The average Bonchev–Trinajstić information content (AvgIpc) is 2.98. The standard InChI is InChI=1S/C14H14BrNO2S/c15-7-10-1-3-11(4-2-10)14(18)16-8-13(17)12-5-6-19-9-12/h1-6,9,13,17H,7-8H2,(H,16,18). The summed E-state index contributed by atoms with van der Waals surface area (Å²) in [5, 5.41) is 17.1. The number of hydrogen-bond donors (Lipinski definition) is 2. The third-order valence-corrected chi connectivity index (χ3v) is 4.10. The van der Waals surface area contributed by atoms with Crippen LogP contribution in [0, 0.1) is 0 Å². The first-order valence-corrected chi connectivity index (χ1v) is 7.90. The van der Waals surface area contributed by atoms with Crippen molar-refractivity contribution in [3.63, 3.8) is 0 Å². The number of carbonyl (C=O) groups is 1. The molecule has 1 amide bonds. The van der Waals surface area contributed by atoms with Crippen molar-refractivity contribution in [3.05, 3.63) is 57.8 Å². The van der Waals surface area contributed by atoms with E-state index in [-0.39, 0.29) is 12.5 Å². The van der Waals surface area contributed by atoms with Gasteiger partial charge in [-0.2, -0.15) is 11.3 Å². The molecule has 0 bridgehead atoms. The van der Waals surface area contributed by atoms with Gasteiger partial charge in [-0.15, -0.1) is 0 Å². The number of halogens is 1. The van der Waals surface area contributed by atoms with Gasteiger partial charge in [-0.25, -0.2) is 0 Å². The predicted molar refractivity (Wildman–Crippen MR) is 80.7 cm³/mol. The lowest BCUT2D eigenvalue weighted by Crippen LogP contribution is -2.28. The summed E-state index contributed by atoms with van der Waals surface area (Å²) in [5.74, 6) is -0.171. The molecule has 0 aliphatic rings. The van der Waals surface area contributed by atoms with Gasteiger partial charge in [0.1, 0.15) is 0 Å². The second-order valence-electron chi connectivity index (χ2n) is 4.11. The molecule has 19 heavy (non-hydrogen) atoms. The minimum Gasteiger partial charge on any atom is -0.387 e. The monoisotopic (exact) mass is 339 g/mol. The smallest absolute Gasteiger partial charge is 0.251 e. The Kier molecular flexibility index (Phi) is 5.13. The molecule has 0 saturated heterocycles. The van der Waals surface area contributed by atoms with Crippen LogP contribution in [0.5, 0.6) is 0 Å².